The van der Waals surface area contributed by atoms with Crippen LogP contribution in [0.3, 0.4) is 0 Å². The molecule has 0 spiro atoms. The molecule has 29 heavy (non-hydrogen) atoms. The van der Waals surface area contributed by atoms with E-state index in [0.29, 0.717) is 22.9 Å². The molecule has 1 N–H and O–H groups in total. The fourth-order valence-corrected chi connectivity index (χ4v) is 5.28. The van der Waals surface area contributed by atoms with Crippen molar-refractivity contribution in [1.29, 1.82) is 0 Å². The normalized spacial score (nSPS) is 26.3. The molecule has 1 saturated carbocycles. The van der Waals surface area contributed by atoms with Crippen LogP contribution in [-0.4, -0.2) is 66.7 Å². The Morgan fingerprint density at radius 2 is 1.86 bits per heavy atom. The van der Waals surface area contributed by atoms with Crippen LogP contribution in [0.5, 0.6) is 0 Å². The maximum absolute atomic E-state index is 13.1. The number of ether oxygens (including phenoxy) is 2. The van der Waals surface area contributed by atoms with Gasteiger partial charge in [0.1, 0.15) is 0 Å². The lowest BCUT2D eigenvalue weighted by atomic mass is 9.72. The number of ketones is 1. The number of hydrogen-bond donors (Lipinski definition) is 1. The van der Waals surface area contributed by atoms with Gasteiger partial charge in [-0.25, -0.2) is 0 Å². The van der Waals surface area contributed by atoms with Crippen molar-refractivity contribution in [3.8, 4) is 0 Å². The molecule has 8 heteroatoms. The van der Waals surface area contributed by atoms with Gasteiger partial charge in [-0.2, -0.15) is 0 Å². The van der Waals surface area contributed by atoms with Crippen LogP contribution in [0, 0.1) is 11.3 Å². The van der Waals surface area contributed by atoms with E-state index in [9.17, 15) is 19.5 Å². The lowest BCUT2D eigenvalue weighted by molar-refractivity contribution is -0.172. The predicted octanol–water partition coefficient (Wildman–Crippen LogP) is 2.37. The van der Waals surface area contributed by atoms with Gasteiger partial charge in [-0.05, 0) is 63.3 Å². The summed E-state index contributed by atoms with van der Waals surface area (Å²) in [4.78, 5) is 40.8. The smallest absolute Gasteiger partial charge is 0.324 e. The summed E-state index contributed by atoms with van der Waals surface area (Å²) in [7, 11) is 3.69. The first-order valence-electron chi connectivity index (χ1n) is 9.85. The van der Waals surface area contributed by atoms with Crippen LogP contribution in [0.4, 0.5) is 0 Å². The molecule has 0 amide bonds. The largest absolute Gasteiger partial charge is 0.465 e. The Morgan fingerprint density at radius 1 is 1.31 bits per heavy atom. The average molecular weight is 472 g/mol. The summed E-state index contributed by atoms with van der Waals surface area (Å²) in [6, 6.07) is 0. The molecular weight excluding hydrogens is 442 g/mol. The second-order valence-corrected chi connectivity index (χ2v) is 8.99. The highest BCUT2D eigenvalue weighted by Gasteiger charge is 2.61. The molecule has 0 saturated heterocycles. The number of allylic oxidation sites excluding steroid dienone is 2. The Balaban J connectivity index is 2.58. The SMILES string of the molecule is C=C(Br)CC(CC1=CC(=O)C2[C@H](O)CC[C@@]12N(C)C)(C(=O)OCC)C(=O)OCC. The number of aliphatic hydroxyl groups is 1. The summed E-state index contributed by atoms with van der Waals surface area (Å²) in [5, 5.41) is 10.4. The van der Waals surface area contributed by atoms with Crippen molar-refractivity contribution in [2.75, 3.05) is 27.3 Å². The van der Waals surface area contributed by atoms with Crippen molar-refractivity contribution in [2.45, 2.75) is 51.2 Å². The lowest BCUT2D eigenvalue weighted by Gasteiger charge is -2.42. The quantitative estimate of drug-likeness (QED) is 0.407. The van der Waals surface area contributed by atoms with Crippen molar-refractivity contribution in [1.82, 2.24) is 4.90 Å². The number of halogens is 1. The van der Waals surface area contributed by atoms with Crippen LogP contribution in [0.1, 0.15) is 39.5 Å². The summed E-state index contributed by atoms with van der Waals surface area (Å²) in [5.74, 6) is -2.20. The Kier molecular flexibility index (Phi) is 7.46. The fraction of sp³-hybridized carbons (Fsp3) is 0.667. The van der Waals surface area contributed by atoms with E-state index in [2.05, 4.69) is 22.5 Å². The molecule has 0 radical (unpaired) electrons. The Hall–Kier alpha value is -1.51. The van der Waals surface area contributed by atoms with E-state index in [-0.39, 0.29) is 31.8 Å². The first-order chi connectivity index (χ1) is 13.6. The molecule has 0 aromatic heterocycles. The molecule has 2 rings (SSSR count). The van der Waals surface area contributed by atoms with Gasteiger partial charge in [-0.1, -0.05) is 22.5 Å². The zero-order valence-electron chi connectivity index (χ0n) is 17.5. The van der Waals surface area contributed by atoms with Gasteiger partial charge < -0.3 is 14.6 Å². The van der Waals surface area contributed by atoms with Crippen LogP contribution in [-0.2, 0) is 23.9 Å². The third-order valence-electron chi connectivity index (χ3n) is 6.02. The highest BCUT2D eigenvalue weighted by atomic mass is 79.9. The zero-order chi connectivity index (χ0) is 22.0. The van der Waals surface area contributed by atoms with Crippen LogP contribution >= 0.6 is 15.9 Å². The monoisotopic (exact) mass is 471 g/mol. The van der Waals surface area contributed by atoms with E-state index in [1.807, 2.05) is 19.0 Å². The number of aliphatic hydroxyl groups excluding tert-OH is 1. The Labute approximate surface area is 180 Å². The minimum Gasteiger partial charge on any atom is -0.465 e. The molecule has 0 aromatic carbocycles. The van der Waals surface area contributed by atoms with Crippen molar-refractivity contribution in [2.24, 2.45) is 11.3 Å². The van der Waals surface area contributed by atoms with Crippen LogP contribution in [0.15, 0.2) is 22.7 Å². The van der Waals surface area contributed by atoms with Crippen molar-refractivity contribution < 1.29 is 29.0 Å². The number of fused-ring (bicyclic) bond motifs is 1. The molecule has 0 aliphatic heterocycles. The molecule has 0 bridgehead atoms. The van der Waals surface area contributed by atoms with Gasteiger partial charge in [-0.3, -0.25) is 19.3 Å². The van der Waals surface area contributed by atoms with E-state index in [4.69, 9.17) is 9.47 Å². The topological polar surface area (TPSA) is 93.1 Å². The molecule has 7 nitrogen and oxygen atoms in total. The van der Waals surface area contributed by atoms with Crippen molar-refractivity contribution in [3.63, 3.8) is 0 Å². The van der Waals surface area contributed by atoms with Gasteiger partial charge in [0.05, 0.1) is 30.8 Å². The summed E-state index contributed by atoms with van der Waals surface area (Å²) in [6.45, 7) is 7.35. The van der Waals surface area contributed by atoms with Gasteiger partial charge in [0, 0.05) is 6.42 Å². The third-order valence-corrected chi connectivity index (χ3v) is 6.30. The molecule has 1 fully saturated rings. The van der Waals surface area contributed by atoms with Crippen LogP contribution < -0.4 is 0 Å². The summed E-state index contributed by atoms with van der Waals surface area (Å²) in [6.07, 6.45) is 1.69. The number of carbonyl (C=O) groups excluding carboxylic acids is 3. The minimum absolute atomic E-state index is 0.0209. The highest BCUT2D eigenvalue weighted by Crippen LogP contribution is 2.53. The second kappa shape index (κ2) is 9.10. The maximum Gasteiger partial charge on any atom is 0.324 e. The van der Waals surface area contributed by atoms with E-state index in [1.54, 1.807) is 13.8 Å². The van der Waals surface area contributed by atoms with E-state index >= 15 is 0 Å². The summed E-state index contributed by atoms with van der Waals surface area (Å²) < 4.78 is 11.0. The number of hydrogen-bond acceptors (Lipinski definition) is 7. The fourth-order valence-electron chi connectivity index (χ4n) is 4.80. The average Bonchev–Trinajstić information content (AvgIpc) is 3.12. The first kappa shape index (κ1) is 23.8. The van der Waals surface area contributed by atoms with Crippen molar-refractivity contribution >= 4 is 33.7 Å². The second-order valence-electron chi connectivity index (χ2n) is 7.87. The Morgan fingerprint density at radius 3 is 2.31 bits per heavy atom. The van der Waals surface area contributed by atoms with Crippen LogP contribution in [0.25, 0.3) is 0 Å². The minimum atomic E-state index is -1.66. The molecule has 0 aromatic rings. The van der Waals surface area contributed by atoms with Gasteiger partial charge in [0.15, 0.2) is 11.2 Å². The van der Waals surface area contributed by atoms with Crippen molar-refractivity contribution in [3.05, 3.63) is 22.7 Å². The molecule has 2 aliphatic carbocycles. The highest BCUT2D eigenvalue weighted by molar-refractivity contribution is 9.11. The first-order valence-corrected chi connectivity index (χ1v) is 10.6. The number of rotatable bonds is 9. The standard InChI is InChI=1S/C21H30BrNO6/c1-6-28-18(26)20(11-13(3)22,19(27)29-7-2)12-14-10-16(25)17-15(24)8-9-21(14,17)23(4)5/h10,15,17,24H,3,6-9,11-12H2,1-2,4-5H3/t15-,17?,21-/m1/s1. The Bertz CT molecular complexity index is 713. The van der Waals surface area contributed by atoms with E-state index in [0.717, 1.165) is 0 Å². The van der Waals surface area contributed by atoms with Gasteiger partial charge in [0.25, 0.3) is 0 Å². The van der Waals surface area contributed by atoms with E-state index in [1.165, 1.54) is 6.08 Å². The van der Waals surface area contributed by atoms with Crippen LogP contribution in [0.2, 0.25) is 0 Å². The van der Waals surface area contributed by atoms with Gasteiger partial charge in [0.2, 0.25) is 0 Å². The molecule has 2 aliphatic rings. The number of nitrogens with zero attached hydrogens (tertiary/aromatic N) is 1. The molecular formula is C21H30BrNO6. The third kappa shape index (κ3) is 4.07. The number of carbonyl (C=O) groups is 3. The molecule has 1 unspecified atom stereocenters. The molecule has 162 valence electrons. The number of esters is 2. The molecule has 3 atom stereocenters. The van der Waals surface area contributed by atoms with E-state index < -0.39 is 34.9 Å². The summed E-state index contributed by atoms with van der Waals surface area (Å²) >= 11 is 3.27. The van der Waals surface area contributed by atoms with Gasteiger partial charge in [-0.15, -0.1) is 0 Å². The molecule has 0 heterocycles. The predicted molar refractivity (Wildman–Crippen MR) is 111 cm³/mol. The zero-order valence-corrected chi connectivity index (χ0v) is 19.1. The lowest BCUT2D eigenvalue weighted by Crippen LogP contribution is -2.52. The number of likely N-dealkylation sites (N-methyl/N-ethyl adjacent to an activating group) is 1. The van der Waals surface area contributed by atoms with Gasteiger partial charge >= 0.3 is 11.9 Å². The summed E-state index contributed by atoms with van der Waals surface area (Å²) in [5.41, 5.74) is -1.76. The maximum atomic E-state index is 13.1.